The van der Waals surface area contributed by atoms with Gasteiger partial charge in [0.1, 0.15) is 17.2 Å². The Kier molecular flexibility index (Phi) is 4.10. The minimum Gasteiger partial charge on any atom is -0.456 e. The van der Waals surface area contributed by atoms with Crippen LogP contribution in [0.4, 0.5) is 0 Å². The zero-order valence-corrected chi connectivity index (χ0v) is 11.5. The van der Waals surface area contributed by atoms with E-state index in [4.69, 9.17) is 4.74 Å². The summed E-state index contributed by atoms with van der Waals surface area (Å²) in [5, 5.41) is 0. The van der Waals surface area contributed by atoms with Crippen molar-refractivity contribution in [3.8, 4) is 11.5 Å². The molecule has 2 aromatic rings. The largest absolute Gasteiger partial charge is 0.456 e. The van der Waals surface area contributed by atoms with Gasteiger partial charge >= 0.3 is 0 Å². The Morgan fingerprint density at radius 1 is 1.17 bits per heavy atom. The van der Waals surface area contributed by atoms with Gasteiger partial charge in [-0.3, -0.25) is 4.79 Å². The monoisotopic (exact) mass is 305 g/mol. The second kappa shape index (κ2) is 5.78. The zero-order chi connectivity index (χ0) is 13.0. The highest BCUT2D eigenvalue weighted by Crippen LogP contribution is 2.22. The number of Topliss-reactive ketones (excluding diaryl/α,β-unsaturated/α-hetero) is 1. The Hall–Kier alpha value is -1.68. The molecule has 1 heterocycles. The number of ketones is 1. The minimum atomic E-state index is 0.0326. The second-order valence-corrected chi connectivity index (χ2v) is 4.63. The van der Waals surface area contributed by atoms with Gasteiger partial charge in [-0.15, -0.1) is 0 Å². The SMILES string of the molecule is CCC(=O)c1ccc(Oc2ccc(Br)cc2)cn1. The van der Waals surface area contributed by atoms with Gasteiger partial charge in [-0.2, -0.15) is 0 Å². The van der Waals surface area contributed by atoms with Crippen LogP contribution < -0.4 is 4.74 Å². The molecule has 0 unspecified atom stereocenters. The van der Waals surface area contributed by atoms with Crippen LogP contribution >= 0.6 is 15.9 Å². The van der Waals surface area contributed by atoms with Crippen LogP contribution in [-0.4, -0.2) is 10.8 Å². The van der Waals surface area contributed by atoms with Gasteiger partial charge in [-0.1, -0.05) is 22.9 Å². The van der Waals surface area contributed by atoms with Gasteiger partial charge in [-0.25, -0.2) is 4.98 Å². The lowest BCUT2D eigenvalue weighted by atomic mass is 10.2. The Morgan fingerprint density at radius 3 is 2.39 bits per heavy atom. The number of hydrogen-bond acceptors (Lipinski definition) is 3. The van der Waals surface area contributed by atoms with Crippen molar-refractivity contribution in [2.75, 3.05) is 0 Å². The van der Waals surface area contributed by atoms with Crippen molar-refractivity contribution in [3.63, 3.8) is 0 Å². The summed E-state index contributed by atoms with van der Waals surface area (Å²) in [6, 6.07) is 10.9. The molecule has 0 aliphatic carbocycles. The summed E-state index contributed by atoms with van der Waals surface area (Å²) in [6.07, 6.45) is 2.02. The summed E-state index contributed by atoms with van der Waals surface area (Å²) in [5.74, 6) is 1.38. The molecule has 1 aromatic carbocycles. The van der Waals surface area contributed by atoms with Gasteiger partial charge in [0.25, 0.3) is 0 Å². The van der Waals surface area contributed by atoms with Gasteiger partial charge in [-0.05, 0) is 36.4 Å². The van der Waals surface area contributed by atoms with Crippen LogP contribution in [0.3, 0.4) is 0 Å². The topological polar surface area (TPSA) is 39.2 Å². The molecular formula is C14H12BrNO2. The maximum atomic E-state index is 11.4. The molecular weight excluding hydrogens is 294 g/mol. The Balaban J connectivity index is 2.10. The summed E-state index contributed by atoms with van der Waals surface area (Å²) in [6.45, 7) is 1.82. The molecule has 0 aliphatic rings. The van der Waals surface area contributed by atoms with Gasteiger partial charge < -0.3 is 4.74 Å². The molecule has 0 saturated heterocycles. The van der Waals surface area contributed by atoms with E-state index in [1.54, 1.807) is 18.3 Å². The standard InChI is InChI=1S/C14H12BrNO2/c1-2-14(17)13-8-7-12(9-16-13)18-11-5-3-10(15)4-6-11/h3-9H,2H2,1H3. The summed E-state index contributed by atoms with van der Waals surface area (Å²) in [4.78, 5) is 15.5. The maximum Gasteiger partial charge on any atom is 0.180 e. The highest BCUT2D eigenvalue weighted by molar-refractivity contribution is 9.10. The van der Waals surface area contributed by atoms with E-state index in [1.165, 1.54) is 0 Å². The lowest BCUT2D eigenvalue weighted by molar-refractivity contribution is 0.0983. The molecule has 18 heavy (non-hydrogen) atoms. The van der Waals surface area contributed by atoms with Crippen LogP contribution in [0.25, 0.3) is 0 Å². The highest BCUT2D eigenvalue weighted by Gasteiger charge is 2.05. The number of carbonyl (C=O) groups is 1. The molecule has 0 atom stereocenters. The van der Waals surface area contributed by atoms with E-state index >= 15 is 0 Å². The summed E-state index contributed by atoms with van der Waals surface area (Å²) in [5.41, 5.74) is 0.473. The zero-order valence-electron chi connectivity index (χ0n) is 9.89. The molecule has 0 saturated carbocycles. The van der Waals surface area contributed by atoms with E-state index in [0.29, 0.717) is 17.9 Å². The molecule has 0 bridgehead atoms. The van der Waals surface area contributed by atoms with E-state index in [0.717, 1.165) is 10.2 Å². The summed E-state index contributed by atoms with van der Waals surface area (Å²) in [7, 11) is 0. The van der Waals surface area contributed by atoms with Crippen molar-refractivity contribution in [2.24, 2.45) is 0 Å². The molecule has 4 heteroatoms. The van der Waals surface area contributed by atoms with E-state index in [9.17, 15) is 4.79 Å². The fourth-order valence-corrected chi connectivity index (χ4v) is 1.69. The van der Waals surface area contributed by atoms with Crippen LogP contribution in [0, 0.1) is 0 Å². The minimum absolute atomic E-state index is 0.0326. The average Bonchev–Trinajstić information content (AvgIpc) is 2.41. The van der Waals surface area contributed by atoms with Crippen LogP contribution in [0.5, 0.6) is 11.5 Å². The third-order valence-corrected chi connectivity index (χ3v) is 2.92. The second-order valence-electron chi connectivity index (χ2n) is 3.71. The Morgan fingerprint density at radius 2 is 1.83 bits per heavy atom. The number of hydrogen-bond donors (Lipinski definition) is 0. The summed E-state index contributed by atoms with van der Waals surface area (Å²) < 4.78 is 6.60. The maximum absolute atomic E-state index is 11.4. The quantitative estimate of drug-likeness (QED) is 0.794. The Labute approximate surface area is 114 Å². The molecule has 2 rings (SSSR count). The molecule has 0 fully saturated rings. The van der Waals surface area contributed by atoms with Crippen LogP contribution in [0.1, 0.15) is 23.8 Å². The smallest absolute Gasteiger partial charge is 0.180 e. The van der Waals surface area contributed by atoms with Crippen molar-refractivity contribution in [2.45, 2.75) is 13.3 Å². The first kappa shape index (κ1) is 12.8. The molecule has 1 aromatic heterocycles. The number of halogens is 1. The Bertz CT molecular complexity index is 535. The average molecular weight is 306 g/mol. The van der Waals surface area contributed by atoms with Gasteiger partial charge in [0.2, 0.25) is 0 Å². The van der Waals surface area contributed by atoms with Gasteiger partial charge in [0.05, 0.1) is 6.20 Å². The first-order valence-corrected chi connectivity index (χ1v) is 6.41. The number of nitrogens with zero attached hydrogens (tertiary/aromatic N) is 1. The lowest BCUT2D eigenvalue weighted by Gasteiger charge is -2.05. The highest BCUT2D eigenvalue weighted by atomic mass is 79.9. The van der Waals surface area contributed by atoms with Crippen molar-refractivity contribution in [1.82, 2.24) is 4.98 Å². The molecule has 0 radical (unpaired) electrons. The lowest BCUT2D eigenvalue weighted by Crippen LogP contribution is -1.99. The van der Waals surface area contributed by atoms with Gasteiger partial charge in [0, 0.05) is 10.9 Å². The van der Waals surface area contributed by atoms with E-state index in [2.05, 4.69) is 20.9 Å². The number of carbonyl (C=O) groups excluding carboxylic acids is 1. The summed E-state index contributed by atoms with van der Waals surface area (Å²) >= 11 is 3.36. The molecule has 0 aliphatic heterocycles. The molecule has 92 valence electrons. The predicted octanol–water partition coefficient (Wildman–Crippen LogP) is 4.23. The van der Waals surface area contributed by atoms with E-state index in [-0.39, 0.29) is 5.78 Å². The number of ether oxygens (including phenoxy) is 1. The molecule has 0 spiro atoms. The molecule has 0 amide bonds. The number of rotatable bonds is 4. The fourth-order valence-electron chi connectivity index (χ4n) is 1.43. The predicted molar refractivity (Wildman–Crippen MR) is 73.1 cm³/mol. The molecule has 3 nitrogen and oxygen atoms in total. The first-order chi connectivity index (χ1) is 8.69. The molecule has 0 N–H and O–H groups in total. The van der Waals surface area contributed by atoms with Crippen LogP contribution in [0.15, 0.2) is 47.1 Å². The third kappa shape index (κ3) is 3.17. The van der Waals surface area contributed by atoms with Crippen molar-refractivity contribution in [3.05, 3.63) is 52.8 Å². The normalized spacial score (nSPS) is 10.1. The first-order valence-electron chi connectivity index (χ1n) is 5.61. The number of pyridine rings is 1. The fraction of sp³-hybridized carbons (Fsp3) is 0.143. The van der Waals surface area contributed by atoms with Gasteiger partial charge in [0.15, 0.2) is 5.78 Å². The van der Waals surface area contributed by atoms with E-state index < -0.39 is 0 Å². The van der Waals surface area contributed by atoms with Crippen LogP contribution in [-0.2, 0) is 0 Å². The van der Waals surface area contributed by atoms with Crippen molar-refractivity contribution in [1.29, 1.82) is 0 Å². The number of benzene rings is 1. The van der Waals surface area contributed by atoms with Crippen molar-refractivity contribution < 1.29 is 9.53 Å². The third-order valence-electron chi connectivity index (χ3n) is 2.39. The van der Waals surface area contributed by atoms with E-state index in [1.807, 2.05) is 31.2 Å². The number of aromatic nitrogens is 1. The van der Waals surface area contributed by atoms with Crippen LogP contribution in [0.2, 0.25) is 0 Å². The van der Waals surface area contributed by atoms with Crippen molar-refractivity contribution >= 4 is 21.7 Å².